The average molecular weight is 403 g/mol. The summed E-state index contributed by atoms with van der Waals surface area (Å²) in [7, 11) is -1.91. The highest BCUT2D eigenvalue weighted by atomic mass is 32.2. The van der Waals surface area contributed by atoms with E-state index in [0.717, 1.165) is 16.1 Å². The molecule has 1 heterocycles. The first-order valence-corrected chi connectivity index (χ1v) is 10.4. The van der Waals surface area contributed by atoms with Crippen LogP contribution in [0.4, 0.5) is 5.69 Å². The van der Waals surface area contributed by atoms with E-state index < -0.39 is 15.9 Å². The summed E-state index contributed by atoms with van der Waals surface area (Å²) in [6.07, 6.45) is 1.11. The molecule has 0 radical (unpaired) electrons. The van der Waals surface area contributed by atoms with E-state index in [1.165, 1.54) is 7.05 Å². The Morgan fingerprint density at radius 2 is 1.64 bits per heavy atom. The lowest BCUT2D eigenvalue weighted by atomic mass is 10.1. The molecule has 148 valence electrons. The Balaban J connectivity index is 1.69. The van der Waals surface area contributed by atoms with Gasteiger partial charge in [0.25, 0.3) is 5.91 Å². The van der Waals surface area contributed by atoms with Crippen molar-refractivity contribution in [2.45, 2.75) is 6.92 Å². The van der Waals surface area contributed by atoms with Gasteiger partial charge in [-0.15, -0.1) is 0 Å². The van der Waals surface area contributed by atoms with E-state index in [1.54, 1.807) is 31.2 Å². The number of ether oxygens (including phenoxy) is 2. The molecular formula is C19H21N3O5S. The number of carbonyl (C=O) groups excluding carboxylic acids is 1. The molecule has 0 aromatic heterocycles. The molecule has 2 aromatic carbocycles. The Kier molecular flexibility index (Phi) is 5.55. The highest BCUT2D eigenvalue weighted by Gasteiger charge is 2.14. The number of hydrazone groups is 1. The van der Waals surface area contributed by atoms with Crippen LogP contribution >= 0.6 is 0 Å². The molecular weight excluding hydrogens is 382 g/mol. The van der Waals surface area contributed by atoms with Gasteiger partial charge in [0.15, 0.2) is 11.5 Å². The Morgan fingerprint density at radius 3 is 2.29 bits per heavy atom. The topological polar surface area (TPSA) is 97.3 Å². The highest BCUT2D eigenvalue weighted by Crippen LogP contribution is 2.30. The second kappa shape index (κ2) is 7.89. The maximum Gasteiger partial charge on any atom is 0.271 e. The van der Waals surface area contributed by atoms with Gasteiger partial charge < -0.3 is 9.47 Å². The fourth-order valence-corrected chi connectivity index (χ4v) is 3.05. The normalized spacial score (nSPS) is 13.8. The Labute approximate surface area is 163 Å². The van der Waals surface area contributed by atoms with Crippen molar-refractivity contribution >= 4 is 27.3 Å². The zero-order valence-electron chi connectivity index (χ0n) is 15.8. The quantitative estimate of drug-likeness (QED) is 0.608. The van der Waals surface area contributed by atoms with Crippen molar-refractivity contribution < 1.29 is 22.7 Å². The number of fused-ring (bicyclic) bond motifs is 1. The van der Waals surface area contributed by atoms with Gasteiger partial charge in [0.05, 0.1) is 17.7 Å². The number of amides is 1. The third-order valence-corrected chi connectivity index (χ3v) is 5.48. The van der Waals surface area contributed by atoms with Gasteiger partial charge in [-0.3, -0.25) is 9.10 Å². The average Bonchev–Trinajstić information content (AvgIpc) is 2.70. The van der Waals surface area contributed by atoms with Gasteiger partial charge >= 0.3 is 0 Å². The van der Waals surface area contributed by atoms with E-state index >= 15 is 0 Å². The minimum Gasteiger partial charge on any atom is -0.486 e. The van der Waals surface area contributed by atoms with Crippen molar-refractivity contribution in [2.24, 2.45) is 5.10 Å². The van der Waals surface area contributed by atoms with Crippen LogP contribution in [-0.2, 0) is 10.0 Å². The van der Waals surface area contributed by atoms with Crippen molar-refractivity contribution in [3.8, 4) is 11.5 Å². The smallest absolute Gasteiger partial charge is 0.271 e. The van der Waals surface area contributed by atoms with Crippen LogP contribution in [0, 0.1) is 0 Å². The summed E-state index contributed by atoms with van der Waals surface area (Å²) in [4.78, 5) is 12.3. The molecule has 0 fully saturated rings. The number of rotatable bonds is 5. The predicted octanol–water partition coefficient (Wildman–Crippen LogP) is 2.01. The van der Waals surface area contributed by atoms with Crippen molar-refractivity contribution in [3.05, 3.63) is 53.6 Å². The van der Waals surface area contributed by atoms with Crippen molar-refractivity contribution in [1.82, 2.24) is 5.43 Å². The number of nitrogens with one attached hydrogen (secondary N) is 1. The summed E-state index contributed by atoms with van der Waals surface area (Å²) in [5, 5.41) is 4.13. The molecule has 8 nitrogen and oxygen atoms in total. The molecule has 0 aliphatic carbocycles. The minimum absolute atomic E-state index is 0.365. The first-order valence-electron chi connectivity index (χ1n) is 8.54. The number of benzene rings is 2. The second-order valence-electron chi connectivity index (χ2n) is 6.27. The maximum absolute atomic E-state index is 12.3. The minimum atomic E-state index is -3.36. The Morgan fingerprint density at radius 1 is 1.04 bits per heavy atom. The van der Waals surface area contributed by atoms with Crippen molar-refractivity contribution in [3.63, 3.8) is 0 Å². The molecule has 0 unspecified atom stereocenters. The lowest BCUT2D eigenvalue weighted by Crippen LogP contribution is -2.25. The number of nitrogens with zero attached hydrogens (tertiary/aromatic N) is 2. The van der Waals surface area contributed by atoms with Crippen molar-refractivity contribution in [1.29, 1.82) is 0 Å². The van der Waals surface area contributed by atoms with Crippen LogP contribution in [0.3, 0.4) is 0 Å². The zero-order chi connectivity index (χ0) is 20.3. The number of hydrogen-bond donors (Lipinski definition) is 1. The van der Waals surface area contributed by atoms with E-state index in [-0.39, 0.29) is 0 Å². The molecule has 2 aromatic rings. The Hall–Kier alpha value is -3.07. The molecule has 1 aliphatic rings. The number of anilines is 1. The van der Waals surface area contributed by atoms with Gasteiger partial charge in [-0.2, -0.15) is 5.10 Å². The highest BCUT2D eigenvalue weighted by molar-refractivity contribution is 7.92. The second-order valence-corrected chi connectivity index (χ2v) is 8.29. The van der Waals surface area contributed by atoms with Gasteiger partial charge in [-0.25, -0.2) is 13.8 Å². The number of carbonyl (C=O) groups is 1. The lowest BCUT2D eigenvalue weighted by molar-refractivity contribution is 0.0955. The van der Waals surface area contributed by atoms with Crippen LogP contribution in [0.15, 0.2) is 47.6 Å². The summed E-state index contributed by atoms with van der Waals surface area (Å²) in [6.45, 7) is 2.79. The number of hydrogen-bond acceptors (Lipinski definition) is 6. The largest absolute Gasteiger partial charge is 0.486 e. The predicted molar refractivity (Wildman–Crippen MR) is 107 cm³/mol. The molecule has 0 saturated carbocycles. The standard InChI is InChI=1S/C19H21N3O5S/c1-13(15-6-9-17-18(12-15)27-11-10-26-17)20-21-19(23)14-4-7-16(8-5-14)22(2)28(3,24)25/h4-9,12H,10-11H2,1-3H3,(H,21,23)/b20-13-. The van der Waals surface area contributed by atoms with Crippen LogP contribution < -0.4 is 19.2 Å². The molecule has 9 heteroatoms. The number of sulfonamides is 1. The zero-order valence-corrected chi connectivity index (χ0v) is 16.6. The summed E-state index contributed by atoms with van der Waals surface area (Å²) in [6, 6.07) is 11.7. The van der Waals surface area contributed by atoms with E-state index in [2.05, 4.69) is 10.5 Å². The first kappa shape index (κ1) is 19.7. The maximum atomic E-state index is 12.3. The first-order chi connectivity index (χ1) is 13.3. The van der Waals surface area contributed by atoms with E-state index in [1.807, 2.05) is 18.2 Å². The molecule has 28 heavy (non-hydrogen) atoms. The summed E-state index contributed by atoms with van der Waals surface area (Å²) < 4.78 is 35.3. The fraction of sp³-hybridized carbons (Fsp3) is 0.263. The monoisotopic (exact) mass is 403 g/mol. The van der Waals surface area contributed by atoms with Crippen LogP contribution in [0.2, 0.25) is 0 Å². The summed E-state index contributed by atoms with van der Waals surface area (Å²) in [5.74, 6) is 0.937. The van der Waals surface area contributed by atoms with Crippen LogP contribution in [0.5, 0.6) is 11.5 Å². The van der Waals surface area contributed by atoms with Gasteiger partial charge in [0.2, 0.25) is 10.0 Å². The van der Waals surface area contributed by atoms with Gasteiger partial charge in [0, 0.05) is 18.2 Å². The Bertz CT molecular complexity index is 1020. The molecule has 0 saturated heterocycles. The van der Waals surface area contributed by atoms with Gasteiger partial charge in [-0.1, -0.05) is 0 Å². The molecule has 0 bridgehead atoms. The van der Waals surface area contributed by atoms with E-state index in [9.17, 15) is 13.2 Å². The van der Waals surface area contributed by atoms with Gasteiger partial charge in [-0.05, 0) is 49.4 Å². The van der Waals surface area contributed by atoms with Crippen LogP contribution in [0.25, 0.3) is 0 Å². The third kappa shape index (κ3) is 4.42. The SMILES string of the molecule is C/C(=N/NC(=O)c1ccc(N(C)S(C)(=O)=O)cc1)c1ccc2c(c1)OCCO2. The van der Waals surface area contributed by atoms with Crippen LogP contribution in [0.1, 0.15) is 22.8 Å². The molecule has 3 rings (SSSR count). The summed E-state index contributed by atoms with van der Waals surface area (Å²) in [5.41, 5.74) is 4.74. The fourth-order valence-electron chi connectivity index (χ4n) is 2.55. The molecule has 1 amide bonds. The molecule has 1 aliphatic heterocycles. The van der Waals surface area contributed by atoms with E-state index in [4.69, 9.17) is 9.47 Å². The molecule has 1 N–H and O–H groups in total. The lowest BCUT2D eigenvalue weighted by Gasteiger charge is -2.18. The van der Waals surface area contributed by atoms with Crippen molar-refractivity contribution in [2.75, 3.05) is 30.8 Å². The molecule has 0 spiro atoms. The van der Waals surface area contributed by atoms with E-state index in [0.29, 0.717) is 41.7 Å². The summed E-state index contributed by atoms with van der Waals surface area (Å²) >= 11 is 0. The van der Waals surface area contributed by atoms with Crippen LogP contribution in [-0.4, -0.2) is 46.6 Å². The molecule has 0 atom stereocenters. The van der Waals surface area contributed by atoms with Gasteiger partial charge in [0.1, 0.15) is 13.2 Å². The third-order valence-electron chi connectivity index (χ3n) is 4.28.